The molecule has 0 radical (unpaired) electrons. The number of methoxy groups -OCH3 is 1. The minimum atomic E-state index is -0.341. The van der Waals surface area contributed by atoms with Crippen molar-refractivity contribution in [3.63, 3.8) is 0 Å². The molecule has 0 atom stereocenters. The second-order valence-corrected chi connectivity index (χ2v) is 4.36. The van der Waals surface area contributed by atoms with Gasteiger partial charge >= 0.3 is 5.97 Å². The third-order valence-corrected chi connectivity index (χ3v) is 3.02. The van der Waals surface area contributed by atoms with Gasteiger partial charge in [-0.1, -0.05) is 30.3 Å². The van der Waals surface area contributed by atoms with E-state index in [-0.39, 0.29) is 12.6 Å². The van der Waals surface area contributed by atoms with Gasteiger partial charge in [0, 0.05) is 12.2 Å². The Bertz CT molecular complexity index is 596. The maximum atomic E-state index is 11.7. The molecule has 0 unspecified atom stereocenters. The summed E-state index contributed by atoms with van der Waals surface area (Å²) in [6, 6.07) is 14.8. The molecule has 0 spiro atoms. The molecular weight excluding hydrogens is 254 g/mol. The molecule has 0 heterocycles. The van der Waals surface area contributed by atoms with Crippen LogP contribution in [-0.4, -0.2) is 18.2 Å². The number of nitrogens with one attached hydrogen (secondary N) is 1. The Balaban J connectivity index is 2.12. The Morgan fingerprint density at radius 2 is 2.00 bits per heavy atom. The predicted octanol–water partition coefficient (Wildman–Crippen LogP) is 2.58. The summed E-state index contributed by atoms with van der Waals surface area (Å²) < 4.78 is 4.77. The second kappa shape index (κ2) is 6.73. The lowest BCUT2D eigenvalue weighted by Gasteiger charge is -2.10. The summed E-state index contributed by atoms with van der Waals surface area (Å²) in [7, 11) is 1.37. The van der Waals surface area contributed by atoms with Crippen LogP contribution in [0.4, 0.5) is 5.69 Å². The zero-order chi connectivity index (χ0) is 14.4. The normalized spacial score (nSPS) is 10.1. The number of benzene rings is 2. The van der Waals surface area contributed by atoms with E-state index in [1.165, 1.54) is 7.11 Å². The fourth-order valence-corrected chi connectivity index (χ4v) is 1.96. The van der Waals surface area contributed by atoms with Gasteiger partial charge in [0.05, 0.1) is 19.3 Å². The highest BCUT2D eigenvalue weighted by Gasteiger charge is 2.10. The van der Waals surface area contributed by atoms with Crippen LogP contribution in [0.15, 0.2) is 48.5 Å². The van der Waals surface area contributed by atoms with Crippen LogP contribution < -0.4 is 5.32 Å². The molecule has 0 aliphatic rings. The van der Waals surface area contributed by atoms with Crippen LogP contribution in [0.1, 0.15) is 21.5 Å². The second-order valence-electron chi connectivity index (χ2n) is 4.36. The van der Waals surface area contributed by atoms with Gasteiger partial charge in [0.2, 0.25) is 0 Å². The summed E-state index contributed by atoms with van der Waals surface area (Å²) in [4.78, 5) is 11.7. The van der Waals surface area contributed by atoms with Crippen molar-refractivity contribution in [2.24, 2.45) is 0 Å². The standard InChI is InChI=1S/C16H17NO3/c1-20-16(19)15-8-3-2-6-13(15)10-17-14-7-4-5-12(9-14)11-18/h2-9,17-18H,10-11H2,1H3. The number of aliphatic hydroxyl groups is 1. The van der Waals surface area contributed by atoms with Crippen molar-refractivity contribution in [2.45, 2.75) is 13.2 Å². The molecule has 0 fully saturated rings. The van der Waals surface area contributed by atoms with Gasteiger partial charge in [-0.05, 0) is 29.3 Å². The molecule has 0 aliphatic heterocycles. The summed E-state index contributed by atoms with van der Waals surface area (Å²) in [5.41, 5.74) is 3.17. The Labute approximate surface area is 118 Å². The quantitative estimate of drug-likeness (QED) is 0.821. The molecule has 104 valence electrons. The van der Waals surface area contributed by atoms with Crippen LogP contribution in [0.2, 0.25) is 0 Å². The molecule has 0 amide bonds. The first-order valence-electron chi connectivity index (χ1n) is 6.34. The highest BCUT2D eigenvalue weighted by Crippen LogP contribution is 2.15. The van der Waals surface area contributed by atoms with Crippen molar-refractivity contribution >= 4 is 11.7 Å². The minimum Gasteiger partial charge on any atom is -0.465 e. The van der Waals surface area contributed by atoms with Crippen molar-refractivity contribution in [2.75, 3.05) is 12.4 Å². The van der Waals surface area contributed by atoms with Gasteiger partial charge in [-0.2, -0.15) is 0 Å². The maximum absolute atomic E-state index is 11.7. The Kier molecular flexibility index (Phi) is 4.74. The van der Waals surface area contributed by atoms with Crippen LogP contribution in [0.5, 0.6) is 0 Å². The monoisotopic (exact) mass is 271 g/mol. The van der Waals surface area contributed by atoms with Crippen LogP contribution >= 0.6 is 0 Å². The summed E-state index contributed by atoms with van der Waals surface area (Å²) >= 11 is 0. The molecule has 0 bridgehead atoms. The van der Waals surface area contributed by atoms with E-state index < -0.39 is 0 Å². The molecule has 0 saturated carbocycles. The lowest BCUT2D eigenvalue weighted by atomic mass is 10.1. The number of carbonyl (C=O) groups is 1. The van der Waals surface area contributed by atoms with Gasteiger partial charge in [0.25, 0.3) is 0 Å². The highest BCUT2D eigenvalue weighted by atomic mass is 16.5. The molecule has 2 aromatic rings. The largest absolute Gasteiger partial charge is 0.465 e. The fourth-order valence-electron chi connectivity index (χ4n) is 1.96. The Hall–Kier alpha value is -2.33. The fraction of sp³-hybridized carbons (Fsp3) is 0.188. The predicted molar refractivity (Wildman–Crippen MR) is 77.5 cm³/mol. The SMILES string of the molecule is COC(=O)c1ccccc1CNc1cccc(CO)c1. The number of ether oxygens (including phenoxy) is 1. The van der Waals surface area contributed by atoms with Crippen molar-refractivity contribution < 1.29 is 14.6 Å². The van der Waals surface area contributed by atoms with E-state index in [0.717, 1.165) is 16.8 Å². The van der Waals surface area contributed by atoms with E-state index in [4.69, 9.17) is 9.84 Å². The zero-order valence-electron chi connectivity index (χ0n) is 11.3. The summed E-state index contributed by atoms with van der Waals surface area (Å²) in [6.45, 7) is 0.522. The van der Waals surface area contributed by atoms with Crippen molar-refractivity contribution in [3.8, 4) is 0 Å². The number of esters is 1. The lowest BCUT2D eigenvalue weighted by molar-refractivity contribution is 0.0599. The summed E-state index contributed by atoms with van der Waals surface area (Å²) in [6.07, 6.45) is 0. The average molecular weight is 271 g/mol. The Morgan fingerprint density at radius 1 is 1.20 bits per heavy atom. The maximum Gasteiger partial charge on any atom is 0.338 e. The van der Waals surface area contributed by atoms with Crippen LogP contribution in [0.25, 0.3) is 0 Å². The third kappa shape index (κ3) is 3.36. The molecule has 2 rings (SSSR count). The molecule has 0 aromatic heterocycles. The first-order chi connectivity index (χ1) is 9.74. The van der Waals surface area contributed by atoms with E-state index in [9.17, 15) is 4.79 Å². The number of hydrogen-bond donors (Lipinski definition) is 2. The van der Waals surface area contributed by atoms with Gasteiger partial charge < -0.3 is 15.2 Å². The molecule has 0 aliphatic carbocycles. The van der Waals surface area contributed by atoms with E-state index >= 15 is 0 Å². The van der Waals surface area contributed by atoms with Gasteiger partial charge in [0.15, 0.2) is 0 Å². The molecule has 4 heteroatoms. The summed E-state index contributed by atoms with van der Waals surface area (Å²) in [5.74, 6) is -0.341. The van der Waals surface area contributed by atoms with Crippen molar-refractivity contribution in [1.82, 2.24) is 0 Å². The van der Waals surface area contributed by atoms with Crippen molar-refractivity contribution in [1.29, 1.82) is 0 Å². The molecule has 20 heavy (non-hydrogen) atoms. The summed E-state index contributed by atoms with van der Waals surface area (Å²) in [5, 5.41) is 12.3. The first kappa shape index (κ1) is 14.1. The van der Waals surface area contributed by atoms with Crippen molar-refractivity contribution in [3.05, 3.63) is 65.2 Å². The Morgan fingerprint density at radius 3 is 2.75 bits per heavy atom. The molecule has 0 saturated heterocycles. The smallest absolute Gasteiger partial charge is 0.338 e. The highest BCUT2D eigenvalue weighted by molar-refractivity contribution is 5.91. The zero-order valence-corrected chi connectivity index (χ0v) is 11.3. The topological polar surface area (TPSA) is 58.6 Å². The van der Waals surface area contributed by atoms with E-state index in [2.05, 4.69) is 5.32 Å². The lowest BCUT2D eigenvalue weighted by Crippen LogP contribution is -2.09. The van der Waals surface area contributed by atoms with Gasteiger partial charge in [-0.3, -0.25) is 0 Å². The van der Waals surface area contributed by atoms with Crippen LogP contribution in [0, 0.1) is 0 Å². The number of rotatable bonds is 5. The van der Waals surface area contributed by atoms with E-state index in [0.29, 0.717) is 12.1 Å². The van der Waals surface area contributed by atoms with E-state index in [1.54, 1.807) is 6.07 Å². The van der Waals surface area contributed by atoms with Gasteiger partial charge in [-0.15, -0.1) is 0 Å². The first-order valence-corrected chi connectivity index (χ1v) is 6.34. The van der Waals surface area contributed by atoms with Gasteiger partial charge in [-0.25, -0.2) is 4.79 Å². The average Bonchev–Trinajstić information content (AvgIpc) is 2.52. The van der Waals surface area contributed by atoms with Crippen LogP contribution in [-0.2, 0) is 17.9 Å². The molecular formula is C16H17NO3. The third-order valence-electron chi connectivity index (χ3n) is 3.02. The minimum absolute atomic E-state index is 0.00820. The molecule has 4 nitrogen and oxygen atoms in total. The molecule has 2 aromatic carbocycles. The number of anilines is 1. The van der Waals surface area contributed by atoms with E-state index in [1.807, 2.05) is 42.5 Å². The number of carbonyl (C=O) groups excluding carboxylic acids is 1. The van der Waals surface area contributed by atoms with Crippen LogP contribution in [0.3, 0.4) is 0 Å². The molecule has 2 N–H and O–H groups in total. The number of hydrogen-bond acceptors (Lipinski definition) is 4. The van der Waals surface area contributed by atoms with Gasteiger partial charge in [0.1, 0.15) is 0 Å². The number of aliphatic hydroxyl groups excluding tert-OH is 1.